The number of pyridine rings is 1. The van der Waals surface area contributed by atoms with E-state index in [-0.39, 0.29) is 31.6 Å². The third kappa shape index (κ3) is 7.96. The van der Waals surface area contributed by atoms with Gasteiger partial charge in [0.25, 0.3) is 26.0 Å². The number of ether oxygens (including phenoxy) is 1. The number of nitrogens with one attached hydrogen (secondary N) is 3. The molecule has 0 bridgehead atoms. The standard InChI is InChI=1S/C23H17F3N4O4S2.C11H11N3O2S2/c24-23(25,26)17-3-1-2-16-19(6-8-27-21(16)17)34-13-20(31)30-10-7-14-12-15(4-5-18(14)30)36(32,33)29-22-28-9-11-35-22;15-18(16,14-11-13-5-6-17-11)9-1-2-10-8(7-9)3-4-12-10/h1-6,8-9,11-12H,7,10,13H2,(H,28,29);1-2,5-7,12H,3-4H2,(H,13,14). The van der Waals surface area contributed by atoms with Gasteiger partial charge in [-0.25, -0.2) is 26.8 Å². The Morgan fingerprint density at radius 1 is 0.833 bits per heavy atom. The number of carbonyl (C=O) groups is 1. The number of anilines is 4. The number of fused-ring (bicyclic) bond motifs is 3. The van der Waals surface area contributed by atoms with Crippen LogP contribution in [0.15, 0.2) is 99.8 Å². The normalized spacial score (nSPS) is 13.7. The molecule has 6 aromatic rings. The van der Waals surface area contributed by atoms with Crippen LogP contribution in [0.25, 0.3) is 10.9 Å². The van der Waals surface area contributed by atoms with Gasteiger partial charge in [0.05, 0.1) is 20.9 Å². The molecule has 8 rings (SSSR count). The number of amides is 1. The van der Waals surface area contributed by atoms with Crippen LogP contribution in [-0.2, 0) is 43.9 Å². The third-order valence-corrected chi connectivity index (χ3v) is 12.7. The van der Waals surface area contributed by atoms with Gasteiger partial charge in [-0.1, -0.05) is 6.07 Å². The molecule has 0 radical (unpaired) electrons. The van der Waals surface area contributed by atoms with Gasteiger partial charge in [-0.05, 0) is 78.6 Å². The summed E-state index contributed by atoms with van der Waals surface area (Å²) in [5.74, 6) is -0.309. The third-order valence-electron chi connectivity index (χ3n) is 8.35. The lowest BCUT2D eigenvalue weighted by molar-refractivity contribution is -0.136. The Bertz CT molecular complexity index is 2550. The molecule has 0 unspecified atom stereocenters. The number of alkyl halides is 3. The van der Waals surface area contributed by atoms with Crippen molar-refractivity contribution in [1.82, 2.24) is 15.0 Å². The van der Waals surface area contributed by atoms with Crippen LogP contribution in [0.5, 0.6) is 5.75 Å². The van der Waals surface area contributed by atoms with E-state index in [2.05, 4.69) is 29.7 Å². The van der Waals surface area contributed by atoms with Gasteiger partial charge in [-0.2, -0.15) is 13.2 Å². The molecule has 0 aliphatic carbocycles. The molecular formula is C34H28F3N7O6S4. The lowest BCUT2D eigenvalue weighted by Gasteiger charge is -2.18. The van der Waals surface area contributed by atoms with E-state index in [4.69, 9.17) is 4.74 Å². The van der Waals surface area contributed by atoms with Crippen LogP contribution in [-0.4, -0.2) is 57.4 Å². The van der Waals surface area contributed by atoms with E-state index in [0.29, 0.717) is 29.3 Å². The molecule has 3 aromatic carbocycles. The van der Waals surface area contributed by atoms with Gasteiger partial charge in [0.1, 0.15) is 5.75 Å². The summed E-state index contributed by atoms with van der Waals surface area (Å²) in [6.07, 6.45) is 0.966. The van der Waals surface area contributed by atoms with E-state index in [9.17, 15) is 34.8 Å². The number of sulfonamides is 2. The van der Waals surface area contributed by atoms with E-state index in [0.717, 1.165) is 41.6 Å². The van der Waals surface area contributed by atoms with Crippen molar-refractivity contribution in [2.75, 3.05) is 39.4 Å². The first kappa shape index (κ1) is 37.0. The quantitative estimate of drug-likeness (QED) is 0.149. The molecule has 0 spiro atoms. The Labute approximate surface area is 315 Å². The van der Waals surface area contributed by atoms with E-state index < -0.39 is 44.3 Å². The number of nitrogens with zero attached hydrogens (tertiary/aromatic N) is 4. The van der Waals surface area contributed by atoms with Crippen LogP contribution in [0, 0.1) is 0 Å². The van der Waals surface area contributed by atoms with E-state index in [1.165, 1.54) is 59.0 Å². The largest absolute Gasteiger partial charge is 0.483 e. The Kier molecular flexibility index (Phi) is 10.2. The first-order chi connectivity index (χ1) is 25.8. The second-order valence-corrected chi connectivity index (χ2v) is 16.9. The topological polar surface area (TPSA) is 173 Å². The molecule has 13 nitrogen and oxygen atoms in total. The highest BCUT2D eigenvalue weighted by Gasteiger charge is 2.34. The Morgan fingerprint density at radius 2 is 1.50 bits per heavy atom. The zero-order valence-corrected chi connectivity index (χ0v) is 31.0. The number of para-hydroxylation sites is 1. The van der Waals surface area contributed by atoms with E-state index >= 15 is 0 Å². The number of hydrogen-bond acceptors (Lipinski definition) is 12. The van der Waals surface area contributed by atoms with Crippen molar-refractivity contribution in [1.29, 1.82) is 0 Å². The lowest BCUT2D eigenvalue weighted by atomic mass is 10.1. The number of carbonyl (C=O) groups excluding carboxylic acids is 1. The first-order valence-corrected chi connectivity index (χ1v) is 20.7. The molecule has 20 heteroatoms. The lowest BCUT2D eigenvalue weighted by Crippen LogP contribution is -2.33. The number of thiazole rings is 2. The number of aromatic nitrogens is 3. The molecule has 0 saturated carbocycles. The Morgan fingerprint density at radius 3 is 2.15 bits per heavy atom. The molecule has 0 atom stereocenters. The molecular weight excluding hydrogens is 788 g/mol. The summed E-state index contributed by atoms with van der Waals surface area (Å²) in [6.45, 7) is 0.759. The van der Waals surface area contributed by atoms with Crippen LogP contribution in [0.3, 0.4) is 0 Å². The molecule has 54 heavy (non-hydrogen) atoms. The van der Waals surface area contributed by atoms with Crippen LogP contribution in [0.1, 0.15) is 16.7 Å². The minimum atomic E-state index is -4.58. The molecule has 2 aliphatic rings. The van der Waals surface area contributed by atoms with Crippen molar-refractivity contribution in [3.05, 3.63) is 107 Å². The average Bonchev–Trinajstić information content (AvgIpc) is 3.98. The maximum absolute atomic E-state index is 13.3. The van der Waals surface area contributed by atoms with Crippen LogP contribution < -0.4 is 24.4 Å². The molecule has 3 N–H and O–H groups in total. The molecule has 0 fully saturated rings. The Hall–Kier alpha value is -5.31. The first-order valence-electron chi connectivity index (χ1n) is 16.0. The minimum Gasteiger partial charge on any atom is -0.483 e. The smallest absolute Gasteiger partial charge is 0.418 e. The second-order valence-electron chi connectivity index (χ2n) is 11.8. The molecule has 2 aliphatic heterocycles. The highest BCUT2D eigenvalue weighted by atomic mass is 32.2. The highest BCUT2D eigenvalue weighted by Crippen LogP contribution is 2.37. The van der Waals surface area contributed by atoms with E-state index in [1.807, 2.05) is 0 Å². The summed E-state index contributed by atoms with van der Waals surface area (Å²) < 4.78 is 100.0. The molecule has 280 valence electrons. The van der Waals surface area contributed by atoms with Crippen LogP contribution in [0.4, 0.5) is 34.8 Å². The minimum absolute atomic E-state index is 0.0470. The van der Waals surface area contributed by atoms with E-state index in [1.54, 1.807) is 41.2 Å². The number of rotatable bonds is 9. The molecule has 3 aromatic heterocycles. The Balaban J connectivity index is 0.000000208. The van der Waals surface area contributed by atoms with Crippen molar-refractivity contribution in [2.24, 2.45) is 0 Å². The number of benzene rings is 3. The van der Waals surface area contributed by atoms with Crippen molar-refractivity contribution < 1.29 is 39.5 Å². The predicted octanol–water partition coefficient (Wildman–Crippen LogP) is 6.39. The summed E-state index contributed by atoms with van der Waals surface area (Å²) in [5.41, 5.74) is 2.13. The monoisotopic (exact) mass is 815 g/mol. The summed E-state index contributed by atoms with van der Waals surface area (Å²) >= 11 is 2.41. The van der Waals surface area contributed by atoms with Gasteiger partial charge >= 0.3 is 6.18 Å². The zero-order chi connectivity index (χ0) is 38.1. The van der Waals surface area contributed by atoms with Gasteiger partial charge in [-0.3, -0.25) is 19.2 Å². The number of hydrogen-bond donors (Lipinski definition) is 3. The average molecular weight is 816 g/mol. The van der Waals surface area contributed by atoms with Gasteiger partial charge in [0.2, 0.25) is 0 Å². The molecule has 0 saturated heterocycles. The zero-order valence-electron chi connectivity index (χ0n) is 27.7. The van der Waals surface area contributed by atoms with Crippen molar-refractivity contribution in [3.8, 4) is 5.75 Å². The predicted molar refractivity (Wildman–Crippen MR) is 199 cm³/mol. The fourth-order valence-electron chi connectivity index (χ4n) is 5.87. The summed E-state index contributed by atoms with van der Waals surface area (Å²) in [5, 5.41) is 7.35. The van der Waals surface area contributed by atoms with Gasteiger partial charge in [-0.15, -0.1) is 22.7 Å². The maximum Gasteiger partial charge on any atom is 0.418 e. The SMILES string of the molecule is O=C(COc1ccnc2c(C(F)(F)F)cccc12)N1CCc2cc(S(=O)(=O)Nc3nccs3)ccc21.O=S(=O)(Nc1nccs1)c1ccc2c(c1)CCN2. The van der Waals surface area contributed by atoms with Crippen molar-refractivity contribution >= 4 is 81.2 Å². The fourth-order valence-corrected chi connectivity index (χ4v) is 9.55. The van der Waals surface area contributed by atoms with Gasteiger partial charge in [0, 0.05) is 59.2 Å². The summed E-state index contributed by atoms with van der Waals surface area (Å²) in [7, 11) is -7.37. The highest BCUT2D eigenvalue weighted by molar-refractivity contribution is 7.93. The fraction of sp³-hybridized carbons (Fsp3) is 0.176. The van der Waals surface area contributed by atoms with Crippen molar-refractivity contribution in [3.63, 3.8) is 0 Å². The molecule has 1 amide bonds. The van der Waals surface area contributed by atoms with Crippen molar-refractivity contribution in [2.45, 2.75) is 28.8 Å². The van der Waals surface area contributed by atoms with Crippen LogP contribution >= 0.6 is 22.7 Å². The number of halogens is 3. The second kappa shape index (κ2) is 14.8. The van der Waals surface area contributed by atoms with Gasteiger partial charge in [0.15, 0.2) is 16.9 Å². The molecule has 5 heterocycles. The summed E-state index contributed by atoms with van der Waals surface area (Å²) in [4.78, 5) is 26.4. The maximum atomic E-state index is 13.3. The van der Waals surface area contributed by atoms with Crippen LogP contribution in [0.2, 0.25) is 0 Å². The van der Waals surface area contributed by atoms with Gasteiger partial charge < -0.3 is 15.0 Å². The summed E-state index contributed by atoms with van der Waals surface area (Å²) in [6, 6.07) is 14.6.